The maximum absolute atomic E-state index is 7.99. The molecule has 3 bridgehead atoms. The van der Waals surface area contributed by atoms with Gasteiger partial charge in [-0.1, -0.05) is 125 Å². The molecule has 3 saturated heterocycles. The third-order valence-electron chi connectivity index (χ3n) is 10.8. The number of benzene rings is 3. The molecule has 4 heteroatoms. The van der Waals surface area contributed by atoms with Gasteiger partial charge in [0.05, 0.1) is 12.1 Å². The van der Waals surface area contributed by atoms with Gasteiger partial charge in [-0.05, 0) is 58.5 Å². The lowest BCUT2D eigenvalue weighted by Gasteiger charge is -2.52. The Kier molecular flexibility index (Phi) is 7.02. The summed E-state index contributed by atoms with van der Waals surface area (Å²) >= 11 is 0. The summed E-state index contributed by atoms with van der Waals surface area (Å²) in [6.45, 7) is 8.31. The lowest BCUT2D eigenvalue weighted by molar-refractivity contribution is -0.0274. The van der Waals surface area contributed by atoms with Crippen LogP contribution in [0.5, 0.6) is 0 Å². The van der Waals surface area contributed by atoms with E-state index in [0.717, 1.165) is 18.4 Å². The van der Waals surface area contributed by atoms with E-state index in [0.29, 0.717) is 24.2 Å². The van der Waals surface area contributed by atoms with Gasteiger partial charge in [-0.25, -0.2) is 0 Å². The summed E-state index contributed by atoms with van der Waals surface area (Å²) in [5, 5.41) is 6.91. The van der Waals surface area contributed by atoms with Crippen molar-refractivity contribution in [1.82, 2.24) is 10.2 Å². The van der Waals surface area contributed by atoms with E-state index in [2.05, 4.69) is 122 Å². The van der Waals surface area contributed by atoms with E-state index in [1.165, 1.54) is 54.5 Å². The minimum Gasteiger partial charge on any atom is -0.401 e. The number of likely N-dealkylation sites (tertiary alicyclic amines) is 1. The predicted molar refractivity (Wildman–Crippen MR) is 167 cm³/mol. The lowest BCUT2D eigenvalue weighted by atomic mass is 9.75. The molecule has 3 heterocycles. The molecule has 3 aromatic carbocycles. The highest BCUT2D eigenvalue weighted by Gasteiger charge is 2.62. The monoisotopic (exact) mass is 550 g/mol. The van der Waals surface area contributed by atoms with Crippen LogP contribution in [-0.2, 0) is 11.0 Å². The van der Waals surface area contributed by atoms with Crippen molar-refractivity contribution in [1.29, 1.82) is 0 Å². The summed E-state index contributed by atoms with van der Waals surface area (Å²) in [4.78, 5) is 2.96. The van der Waals surface area contributed by atoms with Crippen molar-refractivity contribution in [2.24, 2.45) is 11.8 Å². The number of nitrogens with one attached hydrogen (secondary N) is 1. The number of nitrogens with zero attached hydrogens (tertiary/aromatic N) is 1. The zero-order chi connectivity index (χ0) is 27.3. The van der Waals surface area contributed by atoms with Crippen LogP contribution >= 0.6 is 0 Å². The van der Waals surface area contributed by atoms with Gasteiger partial charge in [0.2, 0.25) is 0 Å². The smallest absolute Gasteiger partial charge is 0.261 e. The molecule has 0 aromatic heterocycles. The molecular weight excluding hydrogens is 504 g/mol. The van der Waals surface area contributed by atoms with Crippen molar-refractivity contribution in [2.75, 3.05) is 0 Å². The minimum absolute atomic E-state index is 0.0144. The molecule has 210 valence electrons. The fraction of sp³-hybridized carbons (Fsp3) is 0.500. The Bertz CT molecular complexity index is 1230. The second kappa shape index (κ2) is 10.5. The van der Waals surface area contributed by atoms with Crippen LogP contribution in [-0.4, -0.2) is 43.5 Å². The Morgan fingerprint density at radius 3 is 1.85 bits per heavy atom. The van der Waals surface area contributed by atoms with Crippen LogP contribution in [0.25, 0.3) is 0 Å². The van der Waals surface area contributed by atoms with E-state index in [-0.39, 0.29) is 11.1 Å². The van der Waals surface area contributed by atoms with Crippen molar-refractivity contribution in [3.05, 3.63) is 96.6 Å². The Morgan fingerprint density at radius 1 is 0.725 bits per heavy atom. The fourth-order valence-electron chi connectivity index (χ4n) is 9.27. The highest BCUT2D eigenvalue weighted by atomic mass is 28.4. The first-order valence-corrected chi connectivity index (χ1v) is 17.7. The third-order valence-corrected chi connectivity index (χ3v) is 15.8. The molecule has 1 N–H and O–H groups in total. The molecule has 0 radical (unpaired) electrons. The Labute approximate surface area is 242 Å². The van der Waals surface area contributed by atoms with Crippen molar-refractivity contribution < 1.29 is 4.43 Å². The summed E-state index contributed by atoms with van der Waals surface area (Å²) in [5.74, 6) is 1.61. The highest BCUT2D eigenvalue weighted by molar-refractivity contribution is 6.99. The van der Waals surface area contributed by atoms with E-state index in [4.69, 9.17) is 4.43 Å². The first-order valence-electron chi connectivity index (χ1n) is 15.8. The maximum Gasteiger partial charge on any atom is 0.261 e. The number of hydrogen-bond acceptors (Lipinski definition) is 3. The molecule has 4 aliphatic rings. The standard InChI is InChI=1S/C36H46N2OSi/c1-36(2,3)40(29-19-9-5-10-20-29,30-21-11-6-12-22-30)39-35-32-24-28-23-31(37-32)34(35)38(25-26-15-7-4-8-16-26)33(28)27-17-13-14-18-27/h4-12,15-16,19-22,27-28,31-35,37H,13-14,17-18,23-25H2,1-3H3/t28?,31?,32?,33?,34?,35-/m0/s1. The van der Waals surface area contributed by atoms with Gasteiger partial charge in [0, 0.05) is 24.7 Å². The zero-order valence-corrected chi connectivity index (χ0v) is 25.5. The molecule has 7 rings (SSSR count). The molecule has 3 nitrogen and oxygen atoms in total. The van der Waals surface area contributed by atoms with Gasteiger partial charge in [-0.3, -0.25) is 4.90 Å². The molecule has 0 spiro atoms. The Morgan fingerprint density at radius 2 is 1.27 bits per heavy atom. The van der Waals surface area contributed by atoms with Gasteiger partial charge >= 0.3 is 0 Å². The largest absolute Gasteiger partial charge is 0.401 e. The molecule has 6 atom stereocenters. The van der Waals surface area contributed by atoms with Gasteiger partial charge in [0.25, 0.3) is 8.32 Å². The fourth-order valence-corrected chi connectivity index (χ4v) is 14.0. The lowest BCUT2D eigenvalue weighted by Crippen LogP contribution is -2.70. The maximum atomic E-state index is 7.99. The summed E-state index contributed by atoms with van der Waals surface area (Å²) in [6, 6.07) is 35.8. The Balaban J connectivity index is 1.34. The molecule has 0 amide bonds. The zero-order valence-electron chi connectivity index (χ0n) is 24.5. The topological polar surface area (TPSA) is 24.5 Å². The second-order valence-corrected chi connectivity index (χ2v) is 18.3. The first kappa shape index (κ1) is 26.6. The highest BCUT2D eigenvalue weighted by Crippen LogP contribution is 2.51. The van der Waals surface area contributed by atoms with Gasteiger partial charge in [0.1, 0.15) is 0 Å². The van der Waals surface area contributed by atoms with Crippen molar-refractivity contribution in [3.8, 4) is 0 Å². The van der Waals surface area contributed by atoms with Crippen molar-refractivity contribution in [2.45, 2.75) is 101 Å². The molecule has 5 unspecified atom stereocenters. The van der Waals surface area contributed by atoms with Crippen LogP contribution in [0, 0.1) is 11.8 Å². The van der Waals surface area contributed by atoms with Crippen LogP contribution in [0.1, 0.15) is 64.9 Å². The average molecular weight is 551 g/mol. The van der Waals surface area contributed by atoms with Crippen LogP contribution < -0.4 is 15.7 Å². The van der Waals surface area contributed by atoms with Gasteiger partial charge in [-0.15, -0.1) is 0 Å². The molecular formula is C36H46N2OSi. The summed E-state index contributed by atoms with van der Waals surface area (Å²) in [7, 11) is -2.66. The summed E-state index contributed by atoms with van der Waals surface area (Å²) in [5.41, 5.74) is 1.44. The van der Waals surface area contributed by atoms with Crippen LogP contribution in [0.4, 0.5) is 0 Å². The van der Waals surface area contributed by atoms with E-state index >= 15 is 0 Å². The molecule has 40 heavy (non-hydrogen) atoms. The molecule has 1 saturated carbocycles. The van der Waals surface area contributed by atoms with E-state index in [9.17, 15) is 0 Å². The van der Waals surface area contributed by atoms with Gasteiger partial charge < -0.3 is 9.74 Å². The normalized spacial score (nSPS) is 30.7. The van der Waals surface area contributed by atoms with Gasteiger partial charge in [0.15, 0.2) is 0 Å². The predicted octanol–water partition coefficient (Wildman–Crippen LogP) is 6.13. The Hall–Kier alpha value is -2.24. The van der Waals surface area contributed by atoms with Gasteiger partial charge in [-0.2, -0.15) is 0 Å². The minimum atomic E-state index is -2.66. The van der Waals surface area contributed by atoms with E-state index < -0.39 is 8.32 Å². The third kappa shape index (κ3) is 4.43. The van der Waals surface area contributed by atoms with Crippen LogP contribution in [0.2, 0.25) is 5.04 Å². The quantitative estimate of drug-likeness (QED) is 0.359. The number of fused-ring (bicyclic) bond motifs is 2. The van der Waals surface area contributed by atoms with E-state index in [1.807, 2.05) is 0 Å². The number of rotatable bonds is 7. The van der Waals surface area contributed by atoms with E-state index in [1.54, 1.807) is 0 Å². The molecule has 1 aliphatic carbocycles. The molecule has 4 fully saturated rings. The molecule has 3 aliphatic heterocycles. The van der Waals surface area contributed by atoms with Crippen LogP contribution in [0.15, 0.2) is 91.0 Å². The summed E-state index contributed by atoms with van der Waals surface area (Å²) < 4.78 is 7.99. The van der Waals surface area contributed by atoms with Crippen molar-refractivity contribution in [3.63, 3.8) is 0 Å². The number of hydrogen-bond donors (Lipinski definition) is 1. The summed E-state index contributed by atoms with van der Waals surface area (Å²) in [6.07, 6.45) is 8.38. The average Bonchev–Trinajstić information content (AvgIpc) is 3.56. The second-order valence-electron chi connectivity index (χ2n) is 14.0. The van der Waals surface area contributed by atoms with Crippen molar-refractivity contribution >= 4 is 18.7 Å². The SMILES string of the molecule is CC(C)(C)[Si](O[C@H]1C2CC3CC(N2)C1N(Cc1ccccc1)C3C1CCCC1)(c1ccccc1)c1ccccc1. The van der Waals surface area contributed by atoms with Crippen LogP contribution in [0.3, 0.4) is 0 Å². The number of piperidine rings is 2. The molecule has 3 aromatic rings. The first-order chi connectivity index (χ1) is 19.5.